The zero-order valence-corrected chi connectivity index (χ0v) is 21.3. The predicted octanol–water partition coefficient (Wildman–Crippen LogP) is 6.22. The van der Waals surface area contributed by atoms with Gasteiger partial charge in [-0.3, -0.25) is 4.79 Å². The number of anilines is 1. The molecule has 1 amide bonds. The van der Waals surface area contributed by atoms with Crippen molar-refractivity contribution in [2.45, 2.75) is 39.5 Å². The SMILES string of the molecule is C=CC(=O)Nc1ccccc1C(=N)/C=C(\N)CC[C@@H](C)C(C)c1c(C)c(OC)cc(OC)c1Cl. The molecule has 7 heteroatoms. The first kappa shape index (κ1) is 27.0. The highest BCUT2D eigenvalue weighted by molar-refractivity contribution is 6.33. The minimum atomic E-state index is -0.330. The molecule has 0 radical (unpaired) electrons. The molecule has 182 valence electrons. The second kappa shape index (κ2) is 12.3. The Bertz CT molecular complexity index is 1070. The number of methoxy groups -OCH3 is 2. The summed E-state index contributed by atoms with van der Waals surface area (Å²) in [5.74, 6) is 1.40. The quantitative estimate of drug-likeness (QED) is 0.261. The summed E-state index contributed by atoms with van der Waals surface area (Å²) in [5, 5.41) is 11.8. The van der Waals surface area contributed by atoms with Crippen molar-refractivity contribution >= 4 is 28.9 Å². The summed E-state index contributed by atoms with van der Waals surface area (Å²) in [6, 6.07) is 8.94. The number of rotatable bonds is 11. The van der Waals surface area contributed by atoms with Crippen molar-refractivity contribution in [2.75, 3.05) is 19.5 Å². The smallest absolute Gasteiger partial charge is 0.247 e. The van der Waals surface area contributed by atoms with Gasteiger partial charge in [-0.2, -0.15) is 0 Å². The highest BCUT2D eigenvalue weighted by Crippen LogP contribution is 2.43. The number of nitrogens with two attached hydrogens (primary N) is 1. The van der Waals surface area contributed by atoms with Gasteiger partial charge in [-0.15, -0.1) is 0 Å². The first-order valence-electron chi connectivity index (χ1n) is 11.1. The number of benzene rings is 2. The van der Waals surface area contributed by atoms with Crippen molar-refractivity contribution in [3.05, 3.63) is 76.5 Å². The van der Waals surface area contributed by atoms with Gasteiger partial charge in [0.2, 0.25) is 5.91 Å². The zero-order valence-electron chi connectivity index (χ0n) is 20.5. The molecule has 0 aliphatic carbocycles. The Kier molecular flexibility index (Phi) is 9.75. The molecule has 2 aromatic carbocycles. The number of halogens is 1. The first-order chi connectivity index (χ1) is 16.1. The molecule has 0 aliphatic rings. The Labute approximate surface area is 207 Å². The highest BCUT2D eigenvalue weighted by Gasteiger charge is 2.24. The van der Waals surface area contributed by atoms with E-state index < -0.39 is 0 Å². The van der Waals surface area contributed by atoms with Crippen LogP contribution in [0.5, 0.6) is 11.5 Å². The van der Waals surface area contributed by atoms with Gasteiger partial charge in [0, 0.05) is 17.3 Å². The number of para-hydroxylation sites is 1. The zero-order chi connectivity index (χ0) is 25.4. The summed E-state index contributed by atoms with van der Waals surface area (Å²) < 4.78 is 11.0. The second-order valence-corrected chi connectivity index (χ2v) is 8.69. The molecule has 2 rings (SSSR count). The summed E-state index contributed by atoms with van der Waals surface area (Å²) in [6.45, 7) is 9.76. The molecule has 0 heterocycles. The van der Waals surface area contributed by atoms with Gasteiger partial charge >= 0.3 is 0 Å². The average molecular weight is 484 g/mol. The minimum Gasteiger partial charge on any atom is -0.496 e. The van der Waals surface area contributed by atoms with E-state index in [0.29, 0.717) is 34.1 Å². The molecule has 2 aromatic rings. The van der Waals surface area contributed by atoms with Gasteiger partial charge in [-0.05, 0) is 60.9 Å². The minimum absolute atomic E-state index is 0.138. The van der Waals surface area contributed by atoms with Gasteiger partial charge < -0.3 is 25.9 Å². The summed E-state index contributed by atoms with van der Waals surface area (Å²) in [4.78, 5) is 11.7. The molecule has 0 aromatic heterocycles. The second-order valence-electron chi connectivity index (χ2n) is 8.31. The van der Waals surface area contributed by atoms with Gasteiger partial charge in [-0.25, -0.2) is 0 Å². The Balaban J connectivity index is 2.15. The number of hydrogen-bond acceptors (Lipinski definition) is 5. The average Bonchev–Trinajstić information content (AvgIpc) is 2.82. The van der Waals surface area contributed by atoms with Crippen LogP contribution in [0, 0.1) is 18.3 Å². The van der Waals surface area contributed by atoms with Crippen LogP contribution < -0.4 is 20.5 Å². The molecule has 0 aliphatic heterocycles. The molecule has 2 atom stereocenters. The van der Waals surface area contributed by atoms with Crippen molar-refractivity contribution < 1.29 is 14.3 Å². The number of nitrogens with one attached hydrogen (secondary N) is 2. The molecule has 4 N–H and O–H groups in total. The molecule has 0 saturated carbocycles. The molecule has 6 nitrogen and oxygen atoms in total. The summed E-state index contributed by atoms with van der Waals surface area (Å²) in [5.41, 5.74) is 10.2. The molecule has 0 bridgehead atoms. The van der Waals surface area contributed by atoms with Crippen LogP contribution in [-0.2, 0) is 4.79 Å². The summed E-state index contributed by atoms with van der Waals surface area (Å²) in [7, 11) is 3.23. The van der Waals surface area contributed by atoms with Gasteiger partial charge in [0.15, 0.2) is 0 Å². The lowest BCUT2D eigenvalue weighted by Gasteiger charge is -2.25. The van der Waals surface area contributed by atoms with E-state index in [9.17, 15) is 4.79 Å². The van der Waals surface area contributed by atoms with E-state index >= 15 is 0 Å². The van der Waals surface area contributed by atoms with E-state index in [1.54, 1.807) is 44.6 Å². The lowest BCUT2D eigenvalue weighted by Crippen LogP contribution is -2.13. The molecule has 0 spiro atoms. The molecular weight excluding hydrogens is 450 g/mol. The number of hydrogen-bond donors (Lipinski definition) is 3. The maximum Gasteiger partial charge on any atom is 0.247 e. The van der Waals surface area contributed by atoms with Crippen LogP contribution in [0.4, 0.5) is 5.69 Å². The van der Waals surface area contributed by atoms with Crippen LogP contribution in [0.2, 0.25) is 5.02 Å². The fourth-order valence-corrected chi connectivity index (χ4v) is 4.34. The fraction of sp³-hybridized carbons (Fsp3) is 0.333. The van der Waals surface area contributed by atoms with Crippen molar-refractivity contribution in [3.63, 3.8) is 0 Å². The summed E-state index contributed by atoms with van der Waals surface area (Å²) in [6.07, 6.45) is 4.26. The van der Waals surface area contributed by atoms with E-state index in [1.165, 1.54) is 6.08 Å². The Morgan fingerprint density at radius 1 is 1.24 bits per heavy atom. The van der Waals surface area contributed by atoms with Crippen molar-refractivity contribution in [2.24, 2.45) is 11.7 Å². The van der Waals surface area contributed by atoms with Crippen molar-refractivity contribution in [3.8, 4) is 11.5 Å². The molecular formula is C27H34ClN3O3. The van der Waals surface area contributed by atoms with Crippen LogP contribution in [0.25, 0.3) is 0 Å². The Morgan fingerprint density at radius 3 is 2.50 bits per heavy atom. The maximum absolute atomic E-state index is 11.7. The highest BCUT2D eigenvalue weighted by atomic mass is 35.5. The maximum atomic E-state index is 11.7. The standard InChI is InChI=1S/C27H34ClN3O3/c1-7-25(32)31-22-11-9-8-10-20(22)21(30)14-19(29)13-12-16(2)17(3)26-18(4)23(33-5)15-24(34-6)27(26)28/h7-11,14-17,30H,1,12-13,29H2,2-6H3,(H,31,32)/b19-14-,30-21?/t16-,17?/m1/s1. The fourth-order valence-electron chi connectivity index (χ4n) is 3.90. The summed E-state index contributed by atoms with van der Waals surface area (Å²) >= 11 is 6.66. The van der Waals surface area contributed by atoms with Crippen molar-refractivity contribution in [1.29, 1.82) is 5.41 Å². The molecule has 0 saturated heterocycles. The van der Waals surface area contributed by atoms with E-state index in [0.717, 1.165) is 23.3 Å². The van der Waals surface area contributed by atoms with Gasteiger partial charge in [0.1, 0.15) is 11.5 Å². The van der Waals surface area contributed by atoms with Gasteiger partial charge in [-0.1, -0.05) is 50.2 Å². The number of carbonyl (C=O) groups is 1. The van der Waals surface area contributed by atoms with Crippen molar-refractivity contribution in [1.82, 2.24) is 0 Å². The molecule has 1 unspecified atom stereocenters. The normalized spacial score (nSPS) is 13.1. The monoisotopic (exact) mass is 483 g/mol. The molecule has 0 fully saturated rings. The lowest BCUT2D eigenvalue weighted by atomic mass is 9.83. The van der Waals surface area contributed by atoms with Crippen LogP contribution >= 0.6 is 11.6 Å². The predicted molar refractivity (Wildman–Crippen MR) is 140 cm³/mol. The third-order valence-corrected chi connectivity index (χ3v) is 6.51. The largest absolute Gasteiger partial charge is 0.496 e. The third kappa shape index (κ3) is 6.41. The van der Waals surface area contributed by atoms with E-state index in [2.05, 4.69) is 25.7 Å². The van der Waals surface area contributed by atoms with Crippen LogP contribution in [0.3, 0.4) is 0 Å². The first-order valence-corrected chi connectivity index (χ1v) is 11.5. The molecule has 34 heavy (non-hydrogen) atoms. The van der Waals surface area contributed by atoms with E-state index in [-0.39, 0.29) is 23.5 Å². The van der Waals surface area contributed by atoms with Crippen LogP contribution in [0.15, 0.2) is 54.8 Å². The Hall–Kier alpha value is -3.25. The number of carbonyl (C=O) groups excluding carboxylic acids is 1. The van der Waals surface area contributed by atoms with E-state index in [4.69, 9.17) is 32.2 Å². The van der Waals surface area contributed by atoms with Crippen LogP contribution in [-0.4, -0.2) is 25.8 Å². The van der Waals surface area contributed by atoms with Gasteiger partial charge in [0.05, 0.1) is 30.6 Å². The number of ether oxygens (including phenoxy) is 2. The number of allylic oxidation sites excluding steroid dienone is 2. The lowest BCUT2D eigenvalue weighted by molar-refractivity contribution is -0.111. The Morgan fingerprint density at radius 2 is 1.88 bits per heavy atom. The van der Waals surface area contributed by atoms with E-state index in [1.807, 2.05) is 13.0 Å². The number of amides is 1. The third-order valence-electron chi connectivity index (χ3n) is 6.12. The van der Waals surface area contributed by atoms with Gasteiger partial charge in [0.25, 0.3) is 0 Å². The topological polar surface area (TPSA) is 97.4 Å². The van der Waals surface area contributed by atoms with Crippen LogP contribution in [0.1, 0.15) is 49.3 Å².